The molecule has 4 aromatic heterocycles. The predicted octanol–water partition coefficient (Wildman–Crippen LogP) is 4.72. The zero-order valence-corrected chi connectivity index (χ0v) is 28.3. The molecule has 0 unspecified atom stereocenters. The molecular weight excluding hydrogens is 649 g/mol. The summed E-state index contributed by atoms with van der Waals surface area (Å²) in [5, 5.41) is 8.74. The Morgan fingerprint density at radius 3 is 2.69 bits per heavy atom. The van der Waals surface area contributed by atoms with E-state index in [2.05, 4.69) is 31.0 Å². The molecule has 14 heteroatoms. The summed E-state index contributed by atoms with van der Waals surface area (Å²) in [7, 11) is 1.85. The molecule has 3 aliphatic heterocycles. The average molecular weight is 686 g/mol. The van der Waals surface area contributed by atoms with Gasteiger partial charge in [-0.05, 0) is 62.6 Å². The summed E-state index contributed by atoms with van der Waals surface area (Å²) in [6.45, 7) is 4.32. The van der Waals surface area contributed by atoms with E-state index in [0.29, 0.717) is 67.4 Å². The van der Waals surface area contributed by atoms with Crippen LogP contribution in [0.1, 0.15) is 31.5 Å². The van der Waals surface area contributed by atoms with E-state index in [-0.39, 0.29) is 23.5 Å². The molecule has 2 aromatic carbocycles. The monoisotopic (exact) mass is 685 g/mol. The zero-order valence-electron chi connectivity index (χ0n) is 28.3. The minimum Gasteiger partial charge on any atom is -0.365 e. The van der Waals surface area contributed by atoms with Crippen LogP contribution in [0.25, 0.3) is 39.0 Å². The molecule has 4 bridgehead atoms. The number of likely N-dealkylation sites (N-methyl/N-ethyl adjacent to an activating group) is 1. The van der Waals surface area contributed by atoms with Crippen molar-refractivity contribution in [3.63, 3.8) is 0 Å². The molecule has 51 heavy (non-hydrogen) atoms. The van der Waals surface area contributed by atoms with Crippen molar-refractivity contribution in [2.45, 2.75) is 51.2 Å². The average Bonchev–Trinajstić information content (AvgIpc) is 3.93. The number of nitrogens with one attached hydrogen (secondary N) is 1. The van der Waals surface area contributed by atoms with E-state index in [9.17, 15) is 9.59 Å². The summed E-state index contributed by atoms with van der Waals surface area (Å²) in [6, 6.07) is 16.2. The number of anilines is 3. The SMILES string of the molecule is Cc1nc2cccc3c2n1CCCN(C)C(=O)[C@@H]1C[C@@H](CN1c1ncnc2c1cnn2-c1ccc(N2CCCC2=O)cc1F)Nc1cccc-3n1. The number of aromatic nitrogens is 7. The largest absolute Gasteiger partial charge is 0.365 e. The maximum Gasteiger partial charge on any atom is 0.245 e. The number of nitrogens with zero attached hydrogens (tertiary/aromatic N) is 10. The van der Waals surface area contributed by atoms with Crippen molar-refractivity contribution in [3.8, 4) is 16.9 Å². The molecule has 2 atom stereocenters. The molecule has 13 nitrogen and oxygen atoms in total. The zero-order chi connectivity index (χ0) is 34.8. The number of halogens is 1. The predicted molar refractivity (Wildman–Crippen MR) is 191 cm³/mol. The molecule has 2 saturated heterocycles. The molecule has 2 fully saturated rings. The number of aryl methyl sites for hydroxylation is 2. The van der Waals surface area contributed by atoms with Crippen LogP contribution in [-0.4, -0.2) is 89.8 Å². The van der Waals surface area contributed by atoms with E-state index >= 15 is 4.39 Å². The van der Waals surface area contributed by atoms with Gasteiger partial charge in [-0.25, -0.2) is 29.0 Å². The van der Waals surface area contributed by atoms with Gasteiger partial charge in [-0.1, -0.05) is 18.2 Å². The number of fused-ring (bicyclic) bond motifs is 6. The quantitative estimate of drug-likeness (QED) is 0.281. The highest BCUT2D eigenvalue weighted by molar-refractivity contribution is 5.96. The lowest BCUT2D eigenvalue weighted by Gasteiger charge is -2.29. The third-order valence-corrected chi connectivity index (χ3v) is 10.3. The van der Waals surface area contributed by atoms with Gasteiger partial charge in [0.05, 0.1) is 28.3 Å². The van der Waals surface area contributed by atoms with Crippen molar-refractivity contribution < 1.29 is 14.0 Å². The van der Waals surface area contributed by atoms with Gasteiger partial charge in [0.15, 0.2) is 11.5 Å². The van der Waals surface area contributed by atoms with Gasteiger partial charge in [0.25, 0.3) is 0 Å². The number of carbonyl (C=O) groups is 2. The fourth-order valence-electron chi connectivity index (χ4n) is 7.89. The highest BCUT2D eigenvalue weighted by atomic mass is 19.1. The van der Waals surface area contributed by atoms with Gasteiger partial charge in [0.2, 0.25) is 11.8 Å². The van der Waals surface area contributed by atoms with E-state index in [0.717, 1.165) is 41.0 Å². The van der Waals surface area contributed by atoms with Crippen LogP contribution in [0.5, 0.6) is 0 Å². The first-order valence-electron chi connectivity index (χ1n) is 17.3. The minimum absolute atomic E-state index is 0.0102. The maximum absolute atomic E-state index is 15.6. The van der Waals surface area contributed by atoms with E-state index in [1.54, 1.807) is 28.1 Å². The van der Waals surface area contributed by atoms with Crippen molar-refractivity contribution in [1.29, 1.82) is 0 Å². The van der Waals surface area contributed by atoms with Crippen molar-refractivity contribution in [2.75, 3.05) is 41.8 Å². The second kappa shape index (κ2) is 12.1. The number of rotatable bonds is 3. The molecule has 2 amide bonds. The van der Waals surface area contributed by atoms with E-state index in [1.807, 2.05) is 49.2 Å². The maximum atomic E-state index is 15.6. The molecular formula is C37H36FN11O2. The lowest BCUT2D eigenvalue weighted by Crippen LogP contribution is -2.45. The van der Waals surface area contributed by atoms with E-state index < -0.39 is 11.9 Å². The van der Waals surface area contributed by atoms with Crippen LogP contribution in [0.15, 0.2) is 67.1 Å². The highest BCUT2D eigenvalue weighted by Crippen LogP contribution is 2.35. The van der Waals surface area contributed by atoms with Gasteiger partial charge in [-0.3, -0.25) is 9.59 Å². The third-order valence-electron chi connectivity index (χ3n) is 10.3. The first-order valence-corrected chi connectivity index (χ1v) is 17.3. The van der Waals surface area contributed by atoms with Crippen LogP contribution in [0.4, 0.5) is 21.7 Å². The highest BCUT2D eigenvalue weighted by Gasteiger charge is 2.40. The number of carbonyl (C=O) groups excluding carboxylic acids is 2. The molecule has 3 aliphatic rings. The molecule has 6 aromatic rings. The Hall–Kier alpha value is -5.92. The molecule has 0 radical (unpaired) electrons. The van der Waals surface area contributed by atoms with Crippen molar-refractivity contribution in [1.82, 2.24) is 39.2 Å². The fourth-order valence-corrected chi connectivity index (χ4v) is 7.89. The van der Waals surface area contributed by atoms with Crippen LogP contribution >= 0.6 is 0 Å². The van der Waals surface area contributed by atoms with Crippen LogP contribution < -0.4 is 15.1 Å². The second-order valence-corrected chi connectivity index (χ2v) is 13.5. The van der Waals surface area contributed by atoms with Gasteiger partial charge >= 0.3 is 0 Å². The summed E-state index contributed by atoms with van der Waals surface area (Å²) >= 11 is 0. The van der Waals surface area contributed by atoms with Crippen molar-refractivity contribution in [3.05, 3.63) is 78.8 Å². The minimum atomic E-state index is -0.519. The van der Waals surface area contributed by atoms with Gasteiger partial charge in [-0.2, -0.15) is 5.10 Å². The number of benzene rings is 2. The summed E-state index contributed by atoms with van der Waals surface area (Å²) in [6.07, 6.45) is 5.54. The van der Waals surface area contributed by atoms with Crippen LogP contribution in [-0.2, 0) is 16.1 Å². The molecule has 7 heterocycles. The molecule has 9 rings (SSSR count). The topological polar surface area (TPSA) is 130 Å². The van der Waals surface area contributed by atoms with Crippen LogP contribution in [0.3, 0.4) is 0 Å². The van der Waals surface area contributed by atoms with Crippen LogP contribution in [0.2, 0.25) is 0 Å². The number of amides is 2. The molecule has 0 aliphatic carbocycles. The lowest BCUT2D eigenvalue weighted by atomic mass is 10.1. The van der Waals surface area contributed by atoms with Gasteiger partial charge in [-0.15, -0.1) is 0 Å². The molecule has 1 N–H and O–H groups in total. The van der Waals surface area contributed by atoms with Gasteiger partial charge in [0, 0.05) is 56.9 Å². The molecule has 258 valence electrons. The Morgan fingerprint density at radius 2 is 1.84 bits per heavy atom. The Kier molecular flexibility index (Phi) is 7.40. The first kappa shape index (κ1) is 31.1. The van der Waals surface area contributed by atoms with Gasteiger partial charge < -0.3 is 24.6 Å². The Bertz CT molecular complexity index is 2350. The van der Waals surface area contributed by atoms with E-state index in [1.165, 1.54) is 17.1 Å². The lowest BCUT2D eigenvalue weighted by molar-refractivity contribution is -0.131. The first-order chi connectivity index (χ1) is 24.8. The fraction of sp³-hybridized carbons (Fsp3) is 0.324. The smallest absolute Gasteiger partial charge is 0.245 e. The number of imidazole rings is 1. The normalized spacial score (nSPS) is 19.5. The Labute approximate surface area is 292 Å². The summed E-state index contributed by atoms with van der Waals surface area (Å²) in [5.74, 6) is 1.64. The number of hydrogen-bond donors (Lipinski definition) is 1. The third kappa shape index (κ3) is 5.24. The number of hydrogen-bond acceptors (Lipinski definition) is 9. The number of para-hydroxylation sites is 1. The molecule has 0 spiro atoms. The Morgan fingerprint density at radius 1 is 0.961 bits per heavy atom. The standard InChI is InChI=1S/C37H36FN11O2/c1-22-42-29-9-3-7-25-28-8-4-10-32(44-28)43-23-17-31(37(51)45(2)14-6-16-46(22)34(25)29)48(20-23)35-26-19-41-49(36(26)40-21-39-35)30-13-12-24(18-27(30)38)47-15-5-11-33(47)50/h3-4,7-10,12-13,18-19,21,23,31H,5-6,11,14-17,20H2,1-2H3,(H,43,44)/t23-,31-/m0/s1. The summed E-state index contributed by atoms with van der Waals surface area (Å²) in [5.41, 5.74) is 4.97. The molecule has 0 saturated carbocycles. The summed E-state index contributed by atoms with van der Waals surface area (Å²) in [4.78, 5) is 51.0. The Balaban J connectivity index is 1.08. The van der Waals surface area contributed by atoms with E-state index in [4.69, 9.17) is 9.97 Å². The van der Waals surface area contributed by atoms with Crippen LogP contribution in [0, 0.1) is 12.7 Å². The van der Waals surface area contributed by atoms with Crippen molar-refractivity contribution in [2.24, 2.45) is 0 Å². The van der Waals surface area contributed by atoms with Crippen molar-refractivity contribution >= 4 is 51.2 Å². The number of pyridine rings is 1. The van der Waals surface area contributed by atoms with Gasteiger partial charge in [0.1, 0.15) is 35.5 Å². The summed E-state index contributed by atoms with van der Waals surface area (Å²) < 4.78 is 19.3. The second-order valence-electron chi connectivity index (χ2n) is 13.5.